The smallest absolute Gasteiger partial charge is 0.224 e. The van der Waals surface area contributed by atoms with Gasteiger partial charge in [0.1, 0.15) is 0 Å². The van der Waals surface area contributed by atoms with Crippen LogP contribution in [-0.2, 0) is 9.59 Å². The molecule has 3 N–H and O–H groups in total. The monoisotopic (exact) mass is 243 g/mol. The molecule has 0 saturated carbocycles. The van der Waals surface area contributed by atoms with Gasteiger partial charge in [-0.2, -0.15) is 0 Å². The van der Waals surface area contributed by atoms with Crippen LogP contribution in [0.5, 0.6) is 0 Å². The van der Waals surface area contributed by atoms with Crippen molar-refractivity contribution < 1.29 is 9.59 Å². The largest absolute Gasteiger partial charge is 0.355 e. The molecule has 0 aliphatic rings. The summed E-state index contributed by atoms with van der Waals surface area (Å²) in [5.41, 5.74) is 5.57. The molecule has 1 unspecified atom stereocenters. The fourth-order valence-corrected chi connectivity index (χ4v) is 1.54. The second-order valence-electron chi connectivity index (χ2n) is 4.89. The van der Waals surface area contributed by atoms with Crippen molar-refractivity contribution in [3.05, 3.63) is 0 Å². The maximum atomic E-state index is 11.7. The Kier molecular flexibility index (Phi) is 7.54. The Balaban J connectivity index is 3.95. The summed E-state index contributed by atoms with van der Waals surface area (Å²) >= 11 is 0. The minimum absolute atomic E-state index is 0.0125. The van der Waals surface area contributed by atoms with E-state index >= 15 is 0 Å². The van der Waals surface area contributed by atoms with Gasteiger partial charge in [-0.25, -0.2) is 0 Å². The van der Waals surface area contributed by atoms with Gasteiger partial charge in [0.15, 0.2) is 0 Å². The standard InChI is InChI=1S/C12H25N3O2/c1-9(2)7-10(8-13)12(17)14-6-5-11(16)15(3)4/h9-10H,5-8,13H2,1-4H3,(H,14,17). The van der Waals surface area contributed by atoms with Crippen LogP contribution in [0, 0.1) is 11.8 Å². The zero-order valence-electron chi connectivity index (χ0n) is 11.3. The highest BCUT2D eigenvalue weighted by molar-refractivity contribution is 5.80. The first-order valence-corrected chi connectivity index (χ1v) is 6.06. The molecular formula is C12H25N3O2. The molecule has 0 heterocycles. The quantitative estimate of drug-likeness (QED) is 0.671. The first-order chi connectivity index (χ1) is 7.88. The van der Waals surface area contributed by atoms with Crippen LogP contribution in [-0.4, -0.2) is 43.9 Å². The van der Waals surface area contributed by atoms with E-state index in [-0.39, 0.29) is 17.7 Å². The second-order valence-corrected chi connectivity index (χ2v) is 4.89. The lowest BCUT2D eigenvalue weighted by atomic mass is 9.96. The fraction of sp³-hybridized carbons (Fsp3) is 0.833. The third kappa shape index (κ3) is 6.94. The molecule has 0 aromatic heterocycles. The Morgan fingerprint density at radius 2 is 1.88 bits per heavy atom. The van der Waals surface area contributed by atoms with Crippen molar-refractivity contribution >= 4 is 11.8 Å². The van der Waals surface area contributed by atoms with Crippen LogP contribution in [0.2, 0.25) is 0 Å². The summed E-state index contributed by atoms with van der Waals surface area (Å²) < 4.78 is 0. The van der Waals surface area contributed by atoms with Gasteiger partial charge < -0.3 is 16.0 Å². The van der Waals surface area contributed by atoms with Gasteiger partial charge in [0, 0.05) is 33.6 Å². The van der Waals surface area contributed by atoms with Crippen LogP contribution in [0.15, 0.2) is 0 Å². The number of hydrogen-bond donors (Lipinski definition) is 2. The Morgan fingerprint density at radius 1 is 1.29 bits per heavy atom. The molecule has 100 valence electrons. The summed E-state index contributed by atoms with van der Waals surface area (Å²) in [5.74, 6) is 0.258. The molecule has 0 saturated heterocycles. The van der Waals surface area contributed by atoms with Gasteiger partial charge in [-0.1, -0.05) is 13.8 Å². The third-order valence-corrected chi connectivity index (χ3v) is 2.55. The van der Waals surface area contributed by atoms with Crippen LogP contribution in [0.1, 0.15) is 26.7 Å². The van der Waals surface area contributed by atoms with Crippen molar-refractivity contribution in [1.82, 2.24) is 10.2 Å². The summed E-state index contributed by atoms with van der Waals surface area (Å²) in [6.45, 7) is 4.85. The average Bonchev–Trinajstić information content (AvgIpc) is 2.24. The maximum Gasteiger partial charge on any atom is 0.224 e. The molecule has 0 aromatic carbocycles. The van der Waals surface area contributed by atoms with Crippen molar-refractivity contribution in [1.29, 1.82) is 0 Å². The van der Waals surface area contributed by atoms with Crippen molar-refractivity contribution in [2.45, 2.75) is 26.7 Å². The molecule has 0 aliphatic carbocycles. The van der Waals surface area contributed by atoms with Crippen molar-refractivity contribution in [3.8, 4) is 0 Å². The van der Waals surface area contributed by atoms with Gasteiger partial charge in [-0.15, -0.1) is 0 Å². The zero-order valence-corrected chi connectivity index (χ0v) is 11.3. The highest BCUT2D eigenvalue weighted by Gasteiger charge is 2.17. The van der Waals surface area contributed by atoms with E-state index in [0.717, 1.165) is 6.42 Å². The summed E-state index contributed by atoms with van der Waals surface area (Å²) in [7, 11) is 3.40. The lowest BCUT2D eigenvalue weighted by Crippen LogP contribution is -2.37. The second kappa shape index (κ2) is 8.06. The Bertz CT molecular complexity index is 252. The Hall–Kier alpha value is -1.10. The summed E-state index contributed by atoms with van der Waals surface area (Å²) in [5, 5.41) is 2.76. The van der Waals surface area contributed by atoms with Gasteiger partial charge in [0.2, 0.25) is 11.8 Å². The molecule has 0 aliphatic heterocycles. The predicted octanol–water partition coefficient (Wildman–Crippen LogP) is 0.202. The average molecular weight is 243 g/mol. The summed E-state index contributed by atoms with van der Waals surface area (Å²) in [6, 6.07) is 0. The van der Waals surface area contributed by atoms with E-state index in [2.05, 4.69) is 19.2 Å². The highest BCUT2D eigenvalue weighted by Crippen LogP contribution is 2.10. The van der Waals surface area contributed by atoms with E-state index in [1.165, 1.54) is 4.90 Å². The number of rotatable bonds is 7. The van der Waals surface area contributed by atoms with E-state index in [1.807, 2.05) is 0 Å². The molecule has 2 amide bonds. The van der Waals surface area contributed by atoms with E-state index in [0.29, 0.717) is 25.4 Å². The number of nitrogens with one attached hydrogen (secondary N) is 1. The highest BCUT2D eigenvalue weighted by atomic mass is 16.2. The molecule has 1 atom stereocenters. The van der Waals surface area contributed by atoms with E-state index < -0.39 is 0 Å². The van der Waals surface area contributed by atoms with Gasteiger partial charge in [0.05, 0.1) is 5.92 Å². The third-order valence-electron chi connectivity index (χ3n) is 2.55. The first-order valence-electron chi connectivity index (χ1n) is 6.06. The number of nitrogens with zero attached hydrogens (tertiary/aromatic N) is 1. The SMILES string of the molecule is CC(C)CC(CN)C(=O)NCCC(=O)N(C)C. The van der Waals surface area contributed by atoms with Gasteiger partial charge in [-0.05, 0) is 12.3 Å². The molecule has 5 nitrogen and oxygen atoms in total. The van der Waals surface area contributed by atoms with E-state index in [9.17, 15) is 9.59 Å². The van der Waals surface area contributed by atoms with E-state index in [4.69, 9.17) is 5.73 Å². The molecule has 0 bridgehead atoms. The minimum Gasteiger partial charge on any atom is -0.355 e. The fourth-order valence-electron chi connectivity index (χ4n) is 1.54. The topological polar surface area (TPSA) is 75.4 Å². The molecule has 17 heavy (non-hydrogen) atoms. The normalized spacial score (nSPS) is 12.4. The molecule has 0 fully saturated rings. The van der Waals surface area contributed by atoms with Gasteiger partial charge in [-0.3, -0.25) is 9.59 Å². The number of nitrogens with two attached hydrogens (primary N) is 1. The van der Waals surface area contributed by atoms with Crippen LogP contribution in [0.25, 0.3) is 0 Å². The predicted molar refractivity (Wildman–Crippen MR) is 68.3 cm³/mol. The van der Waals surface area contributed by atoms with Crippen LogP contribution in [0.4, 0.5) is 0 Å². The van der Waals surface area contributed by atoms with Crippen molar-refractivity contribution in [2.24, 2.45) is 17.6 Å². The Morgan fingerprint density at radius 3 is 2.29 bits per heavy atom. The number of carbonyl (C=O) groups excluding carboxylic acids is 2. The maximum absolute atomic E-state index is 11.7. The Labute approximate surface area is 104 Å². The number of carbonyl (C=O) groups is 2. The molecule has 0 aromatic rings. The molecule has 0 rings (SSSR count). The summed E-state index contributed by atoms with van der Waals surface area (Å²) in [6.07, 6.45) is 1.11. The molecule has 5 heteroatoms. The summed E-state index contributed by atoms with van der Waals surface area (Å²) in [4.78, 5) is 24.6. The van der Waals surface area contributed by atoms with Crippen molar-refractivity contribution in [3.63, 3.8) is 0 Å². The first kappa shape index (κ1) is 15.9. The number of amides is 2. The lowest BCUT2D eigenvalue weighted by Gasteiger charge is -2.17. The van der Waals surface area contributed by atoms with Gasteiger partial charge in [0.25, 0.3) is 0 Å². The minimum atomic E-state index is -0.149. The van der Waals surface area contributed by atoms with Gasteiger partial charge >= 0.3 is 0 Å². The van der Waals surface area contributed by atoms with E-state index in [1.54, 1.807) is 14.1 Å². The van der Waals surface area contributed by atoms with Crippen molar-refractivity contribution in [2.75, 3.05) is 27.2 Å². The van der Waals surface area contributed by atoms with Crippen LogP contribution in [0.3, 0.4) is 0 Å². The zero-order chi connectivity index (χ0) is 13.4. The molecule has 0 spiro atoms. The van der Waals surface area contributed by atoms with Crippen LogP contribution < -0.4 is 11.1 Å². The lowest BCUT2D eigenvalue weighted by molar-refractivity contribution is -0.129. The van der Waals surface area contributed by atoms with Crippen LogP contribution >= 0.6 is 0 Å². The number of hydrogen-bond acceptors (Lipinski definition) is 3. The molecule has 0 radical (unpaired) electrons. The molecular weight excluding hydrogens is 218 g/mol.